The zero-order valence-corrected chi connectivity index (χ0v) is 11.2. The second kappa shape index (κ2) is 3.73. The van der Waals surface area contributed by atoms with Crippen molar-refractivity contribution in [1.82, 2.24) is 0 Å². The average Bonchev–Trinajstić information content (AvgIpc) is 2.14. The van der Waals surface area contributed by atoms with Crippen molar-refractivity contribution in [3.8, 4) is 0 Å². The summed E-state index contributed by atoms with van der Waals surface area (Å²) in [5, 5.41) is 0.684. The van der Waals surface area contributed by atoms with Crippen molar-refractivity contribution >= 4 is 9.24 Å². The molecule has 0 aromatic rings. The SMILES string of the molecule is CCCCC1C2CC3CC(C2)CC1(P)C3. The van der Waals surface area contributed by atoms with E-state index < -0.39 is 0 Å². The maximum atomic E-state index is 3.30. The topological polar surface area (TPSA) is 0 Å². The third-order valence-electron chi connectivity index (χ3n) is 5.45. The molecule has 4 saturated carbocycles. The van der Waals surface area contributed by atoms with Crippen molar-refractivity contribution in [3.05, 3.63) is 0 Å². The van der Waals surface area contributed by atoms with Crippen LogP contribution in [0.4, 0.5) is 0 Å². The Hall–Kier alpha value is 0.430. The summed E-state index contributed by atoms with van der Waals surface area (Å²) in [7, 11) is 3.30. The van der Waals surface area contributed by atoms with Crippen LogP contribution in [0.1, 0.15) is 58.3 Å². The van der Waals surface area contributed by atoms with E-state index in [9.17, 15) is 0 Å². The van der Waals surface area contributed by atoms with E-state index in [4.69, 9.17) is 0 Å². The monoisotopic (exact) mass is 224 g/mol. The molecule has 0 N–H and O–H groups in total. The molecule has 0 heterocycles. The van der Waals surface area contributed by atoms with Crippen molar-refractivity contribution in [2.45, 2.75) is 63.4 Å². The summed E-state index contributed by atoms with van der Waals surface area (Å²) in [5.41, 5.74) is 0. The Bertz CT molecular complexity index is 234. The van der Waals surface area contributed by atoms with Crippen molar-refractivity contribution in [2.24, 2.45) is 23.7 Å². The first-order chi connectivity index (χ1) is 7.21. The van der Waals surface area contributed by atoms with Crippen molar-refractivity contribution in [3.63, 3.8) is 0 Å². The van der Waals surface area contributed by atoms with Gasteiger partial charge < -0.3 is 0 Å². The van der Waals surface area contributed by atoms with Crippen LogP contribution < -0.4 is 0 Å². The highest BCUT2D eigenvalue weighted by Crippen LogP contribution is 2.63. The highest BCUT2D eigenvalue weighted by Gasteiger charge is 2.54. The van der Waals surface area contributed by atoms with Crippen LogP contribution in [0.2, 0.25) is 0 Å². The maximum Gasteiger partial charge on any atom is -0.0114 e. The lowest BCUT2D eigenvalue weighted by Crippen LogP contribution is -2.53. The highest BCUT2D eigenvalue weighted by molar-refractivity contribution is 7.19. The fourth-order valence-corrected chi connectivity index (χ4v) is 6.26. The van der Waals surface area contributed by atoms with Crippen molar-refractivity contribution in [1.29, 1.82) is 0 Å². The number of hydrogen-bond donors (Lipinski definition) is 0. The summed E-state index contributed by atoms with van der Waals surface area (Å²) in [5.74, 6) is 4.39. The third kappa shape index (κ3) is 1.68. The van der Waals surface area contributed by atoms with Gasteiger partial charge in [-0.25, -0.2) is 0 Å². The zero-order chi connectivity index (χ0) is 10.5. The van der Waals surface area contributed by atoms with E-state index in [0.29, 0.717) is 5.16 Å². The van der Waals surface area contributed by atoms with E-state index in [2.05, 4.69) is 16.2 Å². The lowest BCUT2D eigenvalue weighted by molar-refractivity contribution is -0.0209. The minimum absolute atomic E-state index is 0.684. The van der Waals surface area contributed by atoms with E-state index in [1.807, 2.05) is 0 Å². The molecule has 86 valence electrons. The van der Waals surface area contributed by atoms with Gasteiger partial charge in [-0.3, -0.25) is 0 Å². The van der Waals surface area contributed by atoms with Gasteiger partial charge in [0, 0.05) is 0 Å². The molecule has 4 aliphatic carbocycles. The molecular weight excluding hydrogens is 199 g/mol. The smallest absolute Gasteiger partial charge is 0.0114 e. The lowest BCUT2D eigenvalue weighted by Gasteiger charge is -2.60. The van der Waals surface area contributed by atoms with Gasteiger partial charge in [0.05, 0.1) is 0 Å². The Labute approximate surface area is 96.8 Å². The first-order valence-corrected chi connectivity index (χ1v) is 7.58. The fraction of sp³-hybridized carbons (Fsp3) is 1.00. The molecule has 0 aromatic heterocycles. The molecule has 0 nitrogen and oxygen atoms in total. The fourth-order valence-electron chi connectivity index (χ4n) is 5.16. The van der Waals surface area contributed by atoms with Gasteiger partial charge in [-0.05, 0) is 67.4 Å². The van der Waals surface area contributed by atoms with E-state index >= 15 is 0 Å². The van der Waals surface area contributed by atoms with Crippen LogP contribution in [0.3, 0.4) is 0 Å². The molecule has 0 aromatic carbocycles. The van der Waals surface area contributed by atoms with Gasteiger partial charge in [-0.1, -0.05) is 19.8 Å². The van der Waals surface area contributed by atoms with Crippen molar-refractivity contribution < 1.29 is 0 Å². The number of hydrogen-bond acceptors (Lipinski definition) is 0. The lowest BCUT2D eigenvalue weighted by atomic mass is 9.50. The molecule has 4 unspecified atom stereocenters. The third-order valence-corrected chi connectivity index (χ3v) is 6.35. The second-order valence-electron chi connectivity index (χ2n) is 6.59. The second-order valence-corrected chi connectivity index (χ2v) is 7.74. The van der Waals surface area contributed by atoms with Gasteiger partial charge in [0.1, 0.15) is 0 Å². The molecule has 15 heavy (non-hydrogen) atoms. The maximum absolute atomic E-state index is 3.30. The van der Waals surface area contributed by atoms with Crippen molar-refractivity contribution in [2.75, 3.05) is 0 Å². The molecular formula is C14H25P. The van der Waals surface area contributed by atoms with Crippen LogP contribution in [-0.2, 0) is 0 Å². The normalized spacial score (nSPS) is 52.4. The minimum atomic E-state index is 0.684. The largest absolute Gasteiger partial charge is 0.131 e. The van der Waals surface area contributed by atoms with E-state index in [0.717, 1.165) is 23.7 Å². The van der Waals surface area contributed by atoms with Gasteiger partial charge in [0.15, 0.2) is 0 Å². The molecule has 0 radical (unpaired) electrons. The molecule has 0 aliphatic heterocycles. The minimum Gasteiger partial charge on any atom is -0.131 e. The Morgan fingerprint density at radius 1 is 1.13 bits per heavy atom. The van der Waals surface area contributed by atoms with Gasteiger partial charge >= 0.3 is 0 Å². The van der Waals surface area contributed by atoms with Crippen LogP contribution in [0.15, 0.2) is 0 Å². The Kier molecular flexibility index (Phi) is 2.63. The molecule has 4 aliphatic rings. The average molecular weight is 224 g/mol. The highest BCUT2D eigenvalue weighted by atomic mass is 31.0. The Balaban J connectivity index is 1.77. The quantitative estimate of drug-likeness (QED) is 0.629. The standard InChI is InChI=1S/C14H25P/c1-2-3-4-13-12-6-10-5-11(7-12)9-14(13,15)8-10/h10-13H,2-9,15H2,1H3. The molecule has 1 heteroatoms. The summed E-state index contributed by atoms with van der Waals surface area (Å²) < 4.78 is 0. The van der Waals surface area contributed by atoms with Crippen LogP contribution >= 0.6 is 9.24 Å². The molecule has 4 bridgehead atoms. The summed E-state index contributed by atoms with van der Waals surface area (Å²) >= 11 is 0. The van der Waals surface area contributed by atoms with E-state index in [1.54, 1.807) is 32.1 Å². The summed E-state index contributed by atoms with van der Waals surface area (Å²) in [4.78, 5) is 0. The number of rotatable bonds is 3. The van der Waals surface area contributed by atoms with Gasteiger partial charge in [-0.15, -0.1) is 9.24 Å². The number of unbranched alkanes of at least 4 members (excludes halogenated alkanes) is 1. The zero-order valence-electron chi connectivity index (χ0n) is 10.0. The molecule has 0 spiro atoms. The van der Waals surface area contributed by atoms with Crippen LogP contribution in [-0.4, -0.2) is 5.16 Å². The van der Waals surface area contributed by atoms with E-state index in [1.165, 1.54) is 19.3 Å². The van der Waals surface area contributed by atoms with Gasteiger partial charge in [0.2, 0.25) is 0 Å². The summed E-state index contributed by atoms with van der Waals surface area (Å²) in [6, 6.07) is 0. The predicted molar refractivity (Wildman–Crippen MR) is 69.0 cm³/mol. The van der Waals surface area contributed by atoms with Crippen LogP contribution in [0, 0.1) is 23.7 Å². The Morgan fingerprint density at radius 3 is 2.33 bits per heavy atom. The molecule has 4 fully saturated rings. The summed E-state index contributed by atoms with van der Waals surface area (Å²) in [6.07, 6.45) is 12.2. The molecule has 4 rings (SSSR count). The van der Waals surface area contributed by atoms with E-state index in [-0.39, 0.29) is 0 Å². The summed E-state index contributed by atoms with van der Waals surface area (Å²) in [6.45, 7) is 2.34. The van der Waals surface area contributed by atoms with Crippen LogP contribution in [0.25, 0.3) is 0 Å². The van der Waals surface area contributed by atoms with Crippen LogP contribution in [0.5, 0.6) is 0 Å². The molecule has 0 amide bonds. The molecule has 4 atom stereocenters. The molecule has 0 saturated heterocycles. The van der Waals surface area contributed by atoms with Gasteiger partial charge in [-0.2, -0.15) is 0 Å². The predicted octanol–water partition coefficient (Wildman–Crippen LogP) is 4.25. The van der Waals surface area contributed by atoms with Gasteiger partial charge in [0.25, 0.3) is 0 Å². The first kappa shape index (κ1) is 10.6. The Morgan fingerprint density at radius 2 is 1.80 bits per heavy atom. The first-order valence-electron chi connectivity index (χ1n) is 7.00.